The van der Waals surface area contributed by atoms with Gasteiger partial charge in [-0.15, -0.1) is 0 Å². The fourth-order valence-electron chi connectivity index (χ4n) is 2.48. The van der Waals surface area contributed by atoms with Crippen LogP contribution < -0.4 is 4.74 Å². The molecule has 2 aromatic heterocycles. The lowest BCUT2D eigenvalue weighted by atomic mass is 10.0. The zero-order valence-corrected chi connectivity index (χ0v) is 13.2. The summed E-state index contributed by atoms with van der Waals surface area (Å²) in [5, 5.41) is 0. The lowest BCUT2D eigenvalue weighted by molar-refractivity contribution is 0.0990. The van der Waals surface area contributed by atoms with Crippen LogP contribution in [0, 0.1) is 27.7 Å². The van der Waals surface area contributed by atoms with Crippen molar-refractivity contribution in [3.63, 3.8) is 0 Å². The maximum Gasteiger partial charge on any atom is 0.170 e. The van der Waals surface area contributed by atoms with Gasteiger partial charge in [0.15, 0.2) is 5.78 Å². The quantitative estimate of drug-likeness (QED) is 0.809. The number of carbonyl (C=O) groups excluding carboxylic acids is 1. The molecule has 0 N–H and O–H groups in total. The molecule has 4 heteroatoms. The van der Waals surface area contributed by atoms with Crippen LogP contribution in [-0.4, -0.2) is 22.9 Å². The first-order chi connectivity index (χ1) is 9.93. The van der Waals surface area contributed by atoms with Crippen LogP contribution in [0.5, 0.6) is 5.75 Å². The Kier molecular flexibility index (Phi) is 4.36. The van der Waals surface area contributed by atoms with Crippen molar-refractivity contribution in [2.24, 2.45) is 0 Å². The molecule has 21 heavy (non-hydrogen) atoms. The Morgan fingerprint density at radius 2 is 1.90 bits per heavy atom. The van der Waals surface area contributed by atoms with Crippen molar-refractivity contribution >= 4 is 5.78 Å². The Balaban J connectivity index is 2.32. The summed E-state index contributed by atoms with van der Waals surface area (Å²) in [6.07, 6.45) is 2.00. The SMILES string of the molecule is COc1c(C)cnc(CC(=O)c2ccc(C)nc2C)c1C. The molecule has 0 amide bonds. The van der Waals surface area contributed by atoms with E-state index in [0.29, 0.717) is 5.56 Å². The summed E-state index contributed by atoms with van der Waals surface area (Å²) in [6.45, 7) is 7.65. The molecular formula is C17H20N2O2. The molecule has 0 aromatic carbocycles. The molecule has 0 saturated heterocycles. The van der Waals surface area contributed by atoms with E-state index in [0.717, 1.165) is 34.0 Å². The molecule has 110 valence electrons. The van der Waals surface area contributed by atoms with Crippen molar-refractivity contribution in [2.75, 3.05) is 7.11 Å². The molecule has 0 spiro atoms. The maximum absolute atomic E-state index is 12.5. The van der Waals surface area contributed by atoms with Crippen molar-refractivity contribution in [1.82, 2.24) is 9.97 Å². The first-order valence-electron chi connectivity index (χ1n) is 6.90. The van der Waals surface area contributed by atoms with Gasteiger partial charge in [-0.3, -0.25) is 14.8 Å². The molecule has 2 rings (SSSR count). The number of Topliss-reactive ketones (excluding diaryl/α,β-unsaturated/α-hetero) is 1. The van der Waals surface area contributed by atoms with Gasteiger partial charge in [0.2, 0.25) is 0 Å². The number of hydrogen-bond donors (Lipinski definition) is 0. The van der Waals surface area contributed by atoms with E-state index < -0.39 is 0 Å². The van der Waals surface area contributed by atoms with Gasteiger partial charge in [0, 0.05) is 34.3 Å². The van der Waals surface area contributed by atoms with E-state index in [1.165, 1.54) is 0 Å². The molecule has 0 atom stereocenters. The average molecular weight is 284 g/mol. The van der Waals surface area contributed by atoms with Gasteiger partial charge in [0.1, 0.15) is 5.75 Å². The van der Waals surface area contributed by atoms with Crippen LogP contribution in [0.15, 0.2) is 18.3 Å². The molecule has 0 bridgehead atoms. The zero-order valence-electron chi connectivity index (χ0n) is 13.2. The molecular weight excluding hydrogens is 264 g/mol. The smallest absolute Gasteiger partial charge is 0.170 e. The molecule has 2 aromatic rings. The summed E-state index contributed by atoms with van der Waals surface area (Å²) in [6, 6.07) is 3.69. The Morgan fingerprint density at radius 1 is 1.19 bits per heavy atom. The molecule has 0 aliphatic carbocycles. The first-order valence-corrected chi connectivity index (χ1v) is 6.90. The van der Waals surface area contributed by atoms with E-state index in [4.69, 9.17) is 4.74 Å². The van der Waals surface area contributed by atoms with Crippen molar-refractivity contribution in [2.45, 2.75) is 34.1 Å². The molecule has 0 fully saturated rings. The van der Waals surface area contributed by atoms with Gasteiger partial charge in [0.05, 0.1) is 19.2 Å². The standard InChI is InChI=1S/C17H20N2O2/c1-10-9-18-15(12(3)17(10)21-5)8-16(20)14-7-6-11(2)19-13(14)4/h6-7,9H,8H2,1-5H3. The molecule has 0 saturated carbocycles. The lowest BCUT2D eigenvalue weighted by Crippen LogP contribution is -2.10. The van der Waals surface area contributed by atoms with Crippen molar-refractivity contribution in [3.8, 4) is 5.75 Å². The Bertz CT molecular complexity index is 693. The summed E-state index contributed by atoms with van der Waals surface area (Å²) >= 11 is 0. The van der Waals surface area contributed by atoms with Gasteiger partial charge in [-0.2, -0.15) is 0 Å². The van der Waals surface area contributed by atoms with Gasteiger partial charge in [-0.05, 0) is 39.8 Å². The van der Waals surface area contributed by atoms with E-state index >= 15 is 0 Å². The predicted octanol–water partition coefficient (Wildman–Crippen LogP) is 3.14. The molecule has 2 heterocycles. The highest BCUT2D eigenvalue weighted by Gasteiger charge is 2.16. The van der Waals surface area contributed by atoms with Gasteiger partial charge in [0.25, 0.3) is 0 Å². The first kappa shape index (κ1) is 15.2. The Hall–Kier alpha value is -2.23. The van der Waals surface area contributed by atoms with Crippen LogP contribution >= 0.6 is 0 Å². The van der Waals surface area contributed by atoms with Crippen molar-refractivity contribution < 1.29 is 9.53 Å². The number of aryl methyl sites for hydroxylation is 3. The van der Waals surface area contributed by atoms with E-state index in [1.807, 2.05) is 39.8 Å². The number of rotatable bonds is 4. The summed E-state index contributed by atoms with van der Waals surface area (Å²) in [7, 11) is 1.63. The number of nitrogens with zero attached hydrogens (tertiary/aromatic N) is 2. The normalized spacial score (nSPS) is 10.5. The molecule has 0 aliphatic heterocycles. The third kappa shape index (κ3) is 3.10. The third-order valence-corrected chi connectivity index (χ3v) is 3.60. The van der Waals surface area contributed by atoms with Crippen LogP contribution in [-0.2, 0) is 6.42 Å². The zero-order chi connectivity index (χ0) is 15.6. The predicted molar refractivity (Wildman–Crippen MR) is 82.0 cm³/mol. The minimum absolute atomic E-state index is 0.0292. The molecule has 0 aliphatic rings. The van der Waals surface area contributed by atoms with Crippen LogP contribution in [0.4, 0.5) is 0 Å². The average Bonchev–Trinajstić information content (AvgIpc) is 2.42. The number of hydrogen-bond acceptors (Lipinski definition) is 4. The minimum Gasteiger partial charge on any atom is -0.496 e. The highest BCUT2D eigenvalue weighted by atomic mass is 16.5. The largest absolute Gasteiger partial charge is 0.496 e. The van der Waals surface area contributed by atoms with Gasteiger partial charge < -0.3 is 4.74 Å². The maximum atomic E-state index is 12.5. The van der Waals surface area contributed by atoms with E-state index in [1.54, 1.807) is 13.3 Å². The van der Waals surface area contributed by atoms with Crippen LogP contribution in [0.3, 0.4) is 0 Å². The van der Waals surface area contributed by atoms with E-state index in [2.05, 4.69) is 9.97 Å². The number of pyridine rings is 2. The minimum atomic E-state index is 0.0292. The van der Waals surface area contributed by atoms with Crippen molar-refractivity contribution in [3.05, 3.63) is 52.1 Å². The summed E-state index contributed by atoms with van der Waals surface area (Å²) in [5.41, 5.74) is 4.97. The number of aromatic nitrogens is 2. The van der Waals surface area contributed by atoms with Gasteiger partial charge >= 0.3 is 0 Å². The summed E-state index contributed by atoms with van der Waals surface area (Å²) in [5.74, 6) is 0.827. The highest BCUT2D eigenvalue weighted by Crippen LogP contribution is 2.25. The Morgan fingerprint density at radius 3 is 2.52 bits per heavy atom. The number of methoxy groups -OCH3 is 1. The third-order valence-electron chi connectivity index (χ3n) is 3.60. The topological polar surface area (TPSA) is 52.1 Å². The van der Waals surface area contributed by atoms with Gasteiger partial charge in [-0.25, -0.2) is 0 Å². The second kappa shape index (κ2) is 6.04. The number of ether oxygens (including phenoxy) is 1. The summed E-state index contributed by atoms with van der Waals surface area (Å²) in [4.78, 5) is 21.2. The summed E-state index contributed by atoms with van der Waals surface area (Å²) < 4.78 is 5.38. The lowest BCUT2D eigenvalue weighted by Gasteiger charge is -2.12. The van der Waals surface area contributed by atoms with Crippen LogP contribution in [0.25, 0.3) is 0 Å². The molecule has 0 radical (unpaired) electrons. The fourth-order valence-corrected chi connectivity index (χ4v) is 2.48. The number of ketones is 1. The second-order valence-corrected chi connectivity index (χ2v) is 5.23. The fraction of sp³-hybridized carbons (Fsp3) is 0.353. The second-order valence-electron chi connectivity index (χ2n) is 5.23. The number of carbonyl (C=O) groups is 1. The molecule has 0 unspecified atom stereocenters. The van der Waals surface area contributed by atoms with Crippen LogP contribution in [0.1, 0.15) is 38.6 Å². The monoisotopic (exact) mass is 284 g/mol. The molecule has 4 nitrogen and oxygen atoms in total. The Labute approximate surface area is 125 Å². The van der Waals surface area contributed by atoms with E-state index in [-0.39, 0.29) is 12.2 Å². The van der Waals surface area contributed by atoms with E-state index in [9.17, 15) is 4.79 Å². The van der Waals surface area contributed by atoms with Crippen LogP contribution in [0.2, 0.25) is 0 Å². The van der Waals surface area contributed by atoms with Crippen molar-refractivity contribution in [1.29, 1.82) is 0 Å². The van der Waals surface area contributed by atoms with Gasteiger partial charge in [-0.1, -0.05) is 0 Å². The highest BCUT2D eigenvalue weighted by molar-refractivity contribution is 5.98.